The first-order chi connectivity index (χ1) is 13.5. The summed E-state index contributed by atoms with van der Waals surface area (Å²) in [6, 6.07) is 10.4. The van der Waals surface area contributed by atoms with E-state index in [1.165, 1.54) is 6.26 Å². The molecular formula is C19H21ClN4O3S. The summed E-state index contributed by atoms with van der Waals surface area (Å²) in [6.07, 6.45) is 2.27. The van der Waals surface area contributed by atoms with Gasteiger partial charge in [-0.2, -0.15) is 0 Å². The average Bonchev–Trinajstić information content (AvgIpc) is 3.11. The smallest absolute Gasteiger partial charge is 0.293 e. The lowest BCUT2D eigenvalue weighted by molar-refractivity contribution is -0.117. The van der Waals surface area contributed by atoms with Crippen LogP contribution in [0.15, 0.2) is 47.1 Å². The number of carbonyl (C=O) groups is 2. The molecule has 1 fully saturated rings. The number of hydrogen-bond acceptors (Lipinski definition) is 5. The van der Waals surface area contributed by atoms with Gasteiger partial charge in [-0.25, -0.2) is 0 Å². The number of carbonyl (C=O) groups excluding carboxylic acids is 2. The van der Waals surface area contributed by atoms with Crippen LogP contribution in [0.25, 0.3) is 0 Å². The molecule has 0 unspecified atom stereocenters. The molecule has 3 rings (SSSR count). The van der Waals surface area contributed by atoms with Gasteiger partial charge < -0.3 is 14.6 Å². The lowest BCUT2D eigenvalue weighted by atomic mass is 10.3. The molecule has 2 amide bonds. The van der Waals surface area contributed by atoms with Gasteiger partial charge in [0, 0.05) is 26.2 Å². The molecule has 2 heterocycles. The summed E-state index contributed by atoms with van der Waals surface area (Å²) in [6.45, 7) is 3.02. The number of nitrogens with zero attached hydrogens (tertiary/aromatic N) is 2. The fourth-order valence-electron chi connectivity index (χ4n) is 2.93. The van der Waals surface area contributed by atoms with Gasteiger partial charge in [-0.1, -0.05) is 23.7 Å². The molecule has 28 heavy (non-hydrogen) atoms. The number of amides is 2. The molecule has 0 saturated carbocycles. The van der Waals surface area contributed by atoms with Crippen molar-refractivity contribution in [3.05, 3.63) is 53.4 Å². The first-order valence-corrected chi connectivity index (χ1v) is 9.72. The van der Waals surface area contributed by atoms with Crippen molar-refractivity contribution in [3.63, 3.8) is 0 Å². The fraction of sp³-hybridized carbons (Fsp3) is 0.316. The molecule has 1 saturated heterocycles. The van der Waals surface area contributed by atoms with E-state index in [1.54, 1.807) is 24.3 Å². The molecule has 1 aliphatic rings. The van der Waals surface area contributed by atoms with Crippen LogP contribution in [0, 0.1) is 0 Å². The van der Waals surface area contributed by atoms with Crippen molar-refractivity contribution in [1.82, 2.24) is 15.1 Å². The first-order valence-electron chi connectivity index (χ1n) is 8.93. The van der Waals surface area contributed by atoms with Gasteiger partial charge in [-0.15, -0.1) is 0 Å². The molecule has 0 bridgehead atoms. The standard InChI is InChI=1S/C19H21ClN4O3S/c20-14-5-1-2-6-15(14)21-17(25)13-23-8-4-9-24(11-10-23)19(28)22-18(26)16-7-3-12-27-16/h1-3,5-7,12H,4,8-11,13H2,(H,21,25)(H,22,26,28). The Kier molecular flexibility index (Phi) is 7.02. The minimum Gasteiger partial charge on any atom is -0.459 e. The number of para-hydroxylation sites is 1. The number of thiocarbonyl (C=S) groups is 1. The highest BCUT2D eigenvalue weighted by molar-refractivity contribution is 7.80. The van der Waals surface area contributed by atoms with E-state index in [9.17, 15) is 9.59 Å². The molecule has 2 N–H and O–H groups in total. The zero-order valence-corrected chi connectivity index (χ0v) is 16.8. The van der Waals surface area contributed by atoms with E-state index in [2.05, 4.69) is 15.5 Å². The van der Waals surface area contributed by atoms with Crippen molar-refractivity contribution in [2.45, 2.75) is 6.42 Å². The van der Waals surface area contributed by atoms with E-state index >= 15 is 0 Å². The van der Waals surface area contributed by atoms with Crippen LogP contribution < -0.4 is 10.6 Å². The predicted octanol–water partition coefficient (Wildman–Crippen LogP) is 2.59. The Morgan fingerprint density at radius 1 is 1.11 bits per heavy atom. The Hall–Kier alpha value is -2.42. The fourth-order valence-corrected chi connectivity index (χ4v) is 3.39. The van der Waals surface area contributed by atoms with E-state index in [4.69, 9.17) is 28.2 Å². The number of benzene rings is 1. The van der Waals surface area contributed by atoms with Gasteiger partial charge in [0.25, 0.3) is 5.91 Å². The minimum absolute atomic E-state index is 0.116. The average molecular weight is 421 g/mol. The van der Waals surface area contributed by atoms with Gasteiger partial charge in [0.1, 0.15) is 0 Å². The van der Waals surface area contributed by atoms with Crippen molar-refractivity contribution in [2.24, 2.45) is 0 Å². The van der Waals surface area contributed by atoms with E-state index in [0.29, 0.717) is 35.5 Å². The van der Waals surface area contributed by atoms with Crippen molar-refractivity contribution in [1.29, 1.82) is 0 Å². The highest BCUT2D eigenvalue weighted by Gasteiger charge is 2.21. The molecule has 1 aliphatic heterocycles. The third-order valence-electron chi connectivity index (χ3n) is 4.36. The topological polar surface area (TPSA) is 77.8 Å². The first kappa shape index (κ1) is 20.3. The Morgan fingerprint density at radius 3 is 2.68 bits per heavy atom. The maximum atomic E-state index is 12.3. The summed E-state index contributed by atoms with van der Waals surface area (Å²) in [5, 5.41) is 6.40. The maximum absolute atomic E-state index is 12.3. The Bertz CT molecular complexity index is 843. The van der Waals surface area contributed by atoms with Crippen molar-refractivity contribution < 1.29 is 14.0 Å². The molecule has 0 atom stereocenters. The van der Waals surface area contributed by atoms with Crippen LogP contribution in [0.2, 0.25) is 5.02 Å². The largest absolute Gasteiger partial charge is 0.459 e. The monoisotopic (exact) mass is 420 g/mol. The molecule has 1 aromatic carbocycles. The SMILES string of the molecule is O=C(CN1CCCN(C(=S)NC(=O)c2ccco2)CC1)Nc1ccccc1Cl. The molecule has 0 spiro atoms. The molecule has 2 aromatic rings. The summed E-state index contributed by atoms with van der Waals surface area (Å²) in [7, 11) is 0. The van der Waals surface area contributed by atoms with Crippen LogP contribution >= 0.6 is 23.8 Å². The van der Waals surface area contributed by atoms with Gasteiger partial charge in [0.15, 0.2) is 10.9 Å². The lowest BCUT2D eigenvalue weighted by Crippen LogP contribution is -2.44. The number of anilines is 1. The molecule has 148 valence electrons. The highest BCUT2D eigenvalue weighted by Crippen LogP contribution is 2.20. The number of halogens is 1. The third kappa shape index (κ3) is 5.54. The quantitative estimate of drug-likeness (QED) is 0.740. The van der Waals surface area contributed by atoms with E-state index < -0.39 is 0 Å². The third-order valence-corrected chi connectivity index (χ3v) is 5.05. The Morgan fingerprint density at radius 2 is 1.93 bits per heavy atom. The van der Waals surface area contributed by atoms with Gasteiger partial charge >= 0.3 is 0 Å². The van der Waals surface area contributed by atoms with Crippen LogP contribution in [-0.2, 0) is 4.79 Å². The van der Waals surface area contributed by atoms with Crippen LogP contribution in [0.4, 0.5) is 5.69 Å². The molecule has 0 aliphatic carbocycles. The lowest BCUT2D eigenvalue weighted by Gasteiger charge is -2.23. The molecule has 0 radical (unpaired) electrons. The number of nitrogens with one attached hydrogen (secondary N) is 2. The van der Waals surface area contributed by atoms with E-state index in [0.717, 1.165) is 13.0 Å². The zero-order valence-electron chi connectivity index (χ0n) is 15.2. The second kappa shape index (κ2) is 9.68. The maximum Gasteiger partial charge on any atom is 0.293 e. The Labute approximate surface area is 173 Å². The zero-order chi connectivity index (χ0) is 19.9. The number of rotatable bonds is 4. The van der Waals surface area contributed by atoms with Crippen LogP contribution in [0.5, 0.6) is 0 Å². The summed E-state index contributed by atoms with van der Waals surface area (Å²) < 4.78 is 5.07. The summed E-state index contributed by atoms with van der Waals surface area (Å²) >= 11 is 11.4. The van der Waals surface area contributed by atoms with Gasteiger partial charge in [0.05, 0.1) is 23.5 Å². The van der Waals surface area contributed by atoms with Crippen molar-refractivity contribution in [3.8, 4) is 0 Å². The summed E-state index contributed by atoms with van der Waals surface area (Å²) in [5.74, 6) is -0.263. The summed E-state index contributed by atoms with van der Waals surface area (Å²) in [4.78, 5) is 28.4. The van der Waals surface area contributed by atoms with Crippen LogP contribution in [0.1, 0.15) is 17.0 Å². The second-order valence-corrected chi connectivity index (χ2v) is 7.18. The van der Waals surface area contributed by atoms with Crippen molar-refractivity contribution >= 4 is 46.4 Å². The number of furan rings is 1. The van der Waals surface area contributed by atoms with Gasteiger partial charge in [-0.05, 0) is 42.9 Å². The van der Waals surface area contributed by atoms with Crippen LogP contribution in [-0.4, -0.2) is 59.5 Å². The molecular weight excluding hydrogens is 400 g/mol. The summed E-state index contributed by atoms with van der Waals surface area (Å²) in [5.41, 5.74) is 0.604. The Balaban J connectivity index is 1.47. The van der Waals surface area contributed by atoms with Gasteiger partial charge in [0.2, 0.25) is 5.91 Å². The minimum atomic E-state index is -0.366. The van der Waals surface area contributed by atoms with Crippen LogP contribution in [0.3, 0.4) is 0 Å². The molecule has 1 aromatic heterocycles. The van der Waals surface area contributed by atoms with E-state index in [1.807, 2.05) is 17.0 Å². The second-order valence-electron chi connectivity index (χ2n) is 6.38. The molecule has 7 nitrogen and oxygen atoms in total. The van der Waals surface area contributed by atoms with Gasteiger partial charge in [-0.3, -0.25) is 19.8 Å². The predicted molar refractivity (Wildman–Crippen MR) is 111 cm³/mol. The van der Waals surface area contributed by atoms with E-state index in [-0.39, 0.29) is 24.1 Å². The normalized spacial score (nSPS) is 15.0. The highest BCUT2D eigenvalue weighted by atomic mass is 35.5. The molecule has 9 heteroatoms. The number of hydrogen-bond donors (Lipinski definition) is 2. The van der Waals surface area contributed by atoms with Crippen molar-refractivity contribution in [2.75, 3.05) is 38.0 Å².